The Morgan fingerprint density at radius 3 is 2.22 bits per heavy atom. The molecule has 0 aromatic heterocycles. The van der Waals surface area contributed by atoms with Gasteiger partial charge in [0.05, 0.1) is 0 Å². The zero-order valence-electron chi connectivity index (χ0n) is 9.53. The van der Waals surface area contributed by atoms with Gasteiger partial charge in [0, 0.05) is 0 Å². The zero-order valence-corrected chi connectivity index (χ0v) is 12.3. The number of carboxylic acids is 1. The second-order valence-electron chi connectivity index (χ2n) is 3.33. The molecule has 0 radical (unpaired) electrons. The summed E-state index contributed by atoms with van der Waals surface area (Å²) in [5.74, 6) is -1.44. The normalized spacial score (nSPS) is 12.5. The van der Waals surface area contributed by atoms with Gasteiger partial charge in [0.25, 0.3) is 0 Å². The van der Waals surface area contributed by atoms with E-state index in [1.54, 1.807) is 0 Å². The molecule has 1 atom stereocenters. The summed E-state index contributed by atoms with van der Waals surface area (Å²) in [5.41, 5.74) is 0.478. The molecular weight excluding hydrogens is 273 g/mol. The van der Waals surface area contributed by atoms with Gasteiger partial charge in [0.15, 0.2) is 10.3 Å². The fourth-order valence-electron chi connectivity index (χ4n) is 1.22. The van der Waals surface area contributed by atoms with Gasteiger partial charge >= 0.3 is 35.5 Å². The van der Waals surface area contributed by atoms with E-state index >= 15 is 0 Å². The largest absolute Gasteiger partial charge is 1.00 e. The number of rotatable bonds is 5. The molecule has 0 heterocycles. The van der Waals surface area contributed by atoms with Gasteiger partial charge in [0.2, 0.25) is 0 Å². The van der Waals surface area contributed by atoms with E-state index in [2.05, 4.69) is 0 Å². The molecular formula is C9H10NNaO6S. The van der Waals surface area contributed by atoms with Crippen LogP contribution in [0.1, 0.15) is 5.56 Å². The Hall–Kier alpha value is -0.640. The molecule has 7 nitrogen and oxygen atoms in total. The molecule has 94 valence electrons. The summed E-state index contributed by atoms with van der Waals surface area (Å²) in [6.45, 7) is 0. The van der Waals surface area contributed by atoms with Gasteiger partial charge in [-0.1, -0.05) is 12.1 Å². The Bertz CT molecular complexity index is 500. The van der Waals surface area contributed by atoms with Crippen LogP contribution in [0.25, 0.3) is 0 Å². The van der Waals surface area contributed by atoms with E-state index in [1.807, 2.05) is 0 Å². The van der Waals surface area contributed by atoms with Crippen LogP contribution in [0.5, 0.6) is 5.75 Å². The van der Waals surface area contributed by atoms with Crippen molar-refractivity contribution in [3.8, 4) is 5.75 Å². The second kappa shape index (κ2) is 7.07. The summed E-state index contributed by atoms with van der Waals surface area (Å²) in [4.78, 5) is 10.7. The molecule has 0 spiro atoms. The Balaban J connectivity index is 0.00000289. The number of aromatic hydroxyl groups is 1. The number of hydrogen-bond donors (Lipinski definition) is 3. The average Bonchev–Trinajstić information content (AvgIpc) is 2.18. The molecule has 0 amide bonds. The number of phenols is 1. The van der Waals surface area contributed by atoms with Crippen molar-refractivity contribution in [2.24, 2.45) is 0 Å². The summed E-state index contributed by atoms with van der Waals surface area (Å²) < 4.78 is 32.7. The Kier molecular flexibility index (Phi) is 6.82. The van der Waals surface area contributed by atoms with E-state index in [9.17, 15) is 17.8 Å². The molecule has 3 N–H and O–H groups in total. The van der Waals surface area contributed by atoms with Crippen molar-refractivity contribution >= 4 is 16.3 Å². The molecule has 1 unspecified atom stereocenters. The van der Waals surface area contributed by atoms with Crippen LogP contribution in [0, 0.1) is 0 Å². The van der Waals surface area contributed by atoms with Crippen LogP contribution < -0.4 is 34.3 Å². The van der Waals surface area contributed by atoms with E-state index in [-0.39, 0.29) is 41.7 Å². The topological polar surface area (TPSA) is 127 Å². The van der Waals surface area contributed by atoms with E-state index in [0.29, 0.717) is 5.56 Å². The van der Waals surface area contributed by atoms with Crippen LogP contribution in [0.4, 0.5) is 0 Å². The first-order valence-corrected chi connectivity index (χ1v) is 5.92. The molecule has 1 aromatic rings. The van der Waals surface area contributed by atoms with Crippen molar-refractivity contribution in [2.45, 2.75) is 12.5 Å². The van der Waals surface area contributed by atoms with Crippen LogP contribution in [-0.4, -0.2) is 35.2 Å². The monoisotopic (exact) mass is 283 g/mol. The first-order valence-electron chi connectivity index (χ1n) is 4.52. The molecule has 0 saturated carbocycles. The Labute approximate surface area is 126 Å². The van der Waals surface area contributed by atoms with Gasteiger partial charge in [-0.25, -0.2) is 13.1 Å². The molecule has 0 aliphatic heterocycles. The fourth-order valence-corrected chi connectivity index (χ4v) is 1.75. The SMILES string of the molecule is O=C(O)C(Cc1ccc(O)cc1)NS(=O)(=O)[O-].[Na+]. The van der Waals surface area contributed by atoms with E-state index < -0.39 is 22.3 Å². The maximum Gasteiger partial charge on any atom is 1.00 e. The predicted octanol–water partition coefficient (Wildman–Crippen LogP) is -3.56. The molecule has 1 rings (SSSR count). The number of hydrogen-bond acceptors (Lipinski definition) is 5. The minimum absolute atomic E-state index is 0. The van der Waals surface area contributed by atoms with Crippen molar-refractivity contribution < 1.29 is 57.5 Å². The molecule has 0 aliphatic rings. The number of benzene rings is 1. The van der Waals surface area contributed by atoms with Crippen LogP contribution >= 0.6 is 0 Å². The minimum atomic E-state index is -4.83. The quantitative estimate of drug-likeness (QED) is 0.379. The number of aliphatic carboxylic acids is 1. The Morgan fingerprint density at radius 2 is 1.83 bits per heavy atom. The molecule has 0 fully saturated rings. The summed E-state index contributed by atoms with van der Waals surface area (Å²) in [5, 5.41) is 17.7. The van der Waals surface area contributed by atoms with Crippen molar-refractivity contribution in [2.75, 3.05) is 0 Å². The summed E-state index contributed by atoms with van der Waals surface area (Å²) in [7, 11) is -4.83. The van der Waals surface area contributed by atoms with Crippen LogP contribution in [0.15, 0.2) is 24.3 Å². The average molecular weight is 283 g/mol. The number of phenolic OH excluding ortho intramolecular Hbond substituents is 1. The second-order valence-corrected chi connectivity index (χ2v) is 4.48. The smallest absolute Gasteiger partial charge is 0.735 e. The summed E-state index contributed by atoms with van der Waals surface area (Å²) in [6, 6.07) is 4.01. The van der Waals surface area contributed by atoms with Gasteiger partial charge < -0.3 is 14.8 Å². The van der Waals surface area contributed by atoms with Gasteiger partial charge in [-0.3, -0.25) is 4.79 Å². The minimum Gasteiger partial charge on any atom is -0.735 e. The van der Waals surface area contributed by atoms with Crippen molar-refractivity contribution in [3.63, 3.8) is 0 Å². The van der Waals surface area contributed by atoms with Crippen LogP contribution in [0.3, 0.4) is 0 Å². The molecule has 1 aromatic carbocycles. The first-order chi connectivity index (χ1) is 7.78. The van der Waals surface area contributed by atoms with Crippen molar-refractivity contribution in [3.05, 3.63) is 29.8 Å². The predicted molar refractivity (Wildman–Crippen MR) is 56.1 cm³/mol. The molecule has 9 heteroatoms. The molecule has 0 bridgehead atoms. The van der Waals surface area contributed by atoms with E-state index in [0.717, 1.165) is 0 Å². The molecule has 0 aliphatic carbocycles. The summed E-state index contributed by atoms with van der Waals surface area (Å²) in [6.07, 6.45) is -0.183. The van der Waals surface area contributed by atoms with Gasteiger partial charge in [-0.2, -0.15) is 0 Å². The van der Waals surface area contributed by atoms with E-state index in [4.69, 9.17) is 10.2 Å². The number of carboxylic acid groups (broad SMARTS) is 1. The van der Waals surface area contributed by atoms with Gasteiger partial charge in [-0.15, -0.1) is 0 Å². The van der Waals surface area contributed by atoms with Crippen LogP contribution in [-0.2, 0) is 21.5 Å². The summed E-state index contributed by atoms with van der Waals surface area (Å²) >= 11 is 0. The van der Waals surface area contributed by atoms with Crippen molar-refractivity contribution in [1.82, 2.24) is 4.72 Å². The van der Waals surface area contributed by atoms with Gasteiger partial charge in [-0.05, 0) is 24.1 Å². The number of carbonyl (C=O) groups is 1. The van der Waals surface area contributed by atoms with Crippen molar-refractivity contribution in [1.29, 1.82) is 0 Å². The number of nitrogens with one attached hydrogen (secondary N) is 1. The standard InChI is InChI=1S/C9H11NO6S.Na/c11-7-3-1-6(2-4-7)5-8(9(12)13)10-17(14,15)16;/h1-4,8,10-11H,5H2,(H,12,13)(H,14,15,16);/q;+1/p-1. The third-order valence-electron chi connectivity index (χ3n) is 1.96. The van der Waals surface area contributed by atoms with E-state index in [1.165, 1.54) is 29.0 Å². The third-order valence-corrected chi connectivity index (χ3v) is 2.53. The maximum atomic E-state index is 10.7. The van der Waals surface area contributed by atoms with Gasteiger partial charge in [0.1, 0.15) is 11.8 Å². The third kappa shape index (κ3) is 6.34. The molecule has 18 heavy (non-hydrogen) atoms. The zero-order chi connectivity index (χ0) is 13.1. The Morgan fingerprint density at radius 1 is 1.33 bits per heavy atom. The fraction of sp³-hybridized carbons (Fsp3) is 0.222. The maximum absolute atomic E-state index is 10.7. The van der Waals surface area contributed by atoms with Crippen LogP contribution in [0.2, 0.25) is 0 Å². The first kappa shape index (κ1) is 17.4. The molecule has 0 saturated heterocycles.